The third-order valence-electron chi connectivity index (χ3n) is 1.95. The number of hydrogen-bond donors (Lipinski definition) is 1. The SMILES string of the molecule is C=C=C[N+](=C)c1cc(C#CC(C)C)sc1C(=O)O. The second-order valence-electron chi connectivity index (χ2n) is 3.86. The number of thiophene rings is 1. The van der Waals surface area contributed by atoms with Crippen LogP contribution in [0.2, 0.25) is 0 Å². The number of carboxylic acid groups (broad SMARTS) is 1. The van der Waals surface area contributed by atoms with E-state index < -0.39 is 5.97 Å². The van der Waals surface area contributed by atoms with Crippen molar-refractivity contribution in [3.8, 4) is 11.8 Å². The van der Waals surface area contributed by atoms with E-state index in [0.717, 1.165) is 11.3 Å². The van der Waals surface area contributed by atoms with Crippen LogP contribution < -0.4 is 0 Å². The summed E-state index contributed by atoms with van der Waals surface area (Å²) in [6.45, 7) is 11.1. The lowest BCUT2D eigenvalue weighted by molar-refractivity contribution is -0.348. The van der Waals surface area contributed by atoms with Crippen LogP contribution in [0.15, 0.2) is 24.6 Å². The van der Waals surface area contributed by atoms with Crippen molar-refractivity contribution in [2.24, 2.45) is 5.92 Å². The average molecular weight is 260 g/mol. The van der Waals surface area contributed by atoms with E-state index in [1.54, 1.807) is 6.07 Å². The summed E-state index contributed by atoms with van der Waals surface area (Å²) in [5, 5.41) is 9.13. The van der Waals surface area contributed by atoms with Gasteiger partial charge in [0.05, 0.1) is 4.88 Å². The van der Waals surface area contributed by atoms with Crippen LogP contribution in [-0.2, 0) is 0 Å². The van der Waals surface area contributed by atoms with Crippen molar-refractivity contribution in [3.63, 3.8) is 0 Å². The molecular weight excluding hydrogens is 246 g/mol. The van der Waals surface area contributed by atoms with Gasteiger partial charge < -0.3 is 5.11 Å². The molecule has 4 heteroatoms. The summed E-state index contributed by atoms with van der Waals surface area (Å²) >= 11 is 1.14. The maximum atomic E-state index is 11.1. The number of aromatic carboxylic acids is 1. The Morgan fingerprint density at radius 1 is 1.61 bits per heavy atom. The quantitative estimate of drug-likeness (QED) is 0.392. The molecular formula is C14H14NO2S+. The normalized spacial score (nSPS) is 9.28. The summed E-state index contributed by atoms with van der Waals surface area (Å²) in [5.41, 5.74) is 3.05. The molecule has 0 unspecified atom stereocenters. The lowest BCUT2D eigenvalue weighted by atomic mass is 10.2. The second kappa shape index (κ2) is 6.02. The maximum Gasteiger partial charge on any atom is 0.352 e. The minimum atomic E-state index is -0.987. The Bertz CT molecular complexity index is 593. The summed E-state index contributed by atoms with van der Waals surface area (Å²) in [6, 6.07) is 1.71. The Hall–Kier alpha value is -2.08. The fraction of sp³-hybridized carbons (Fsp3) is 0.214. The van der Waals surface area contributed by atoms with Crippen LogP contribution >= 0.6 is 11.3 Å². The van der Waals surface area contributed by atoms with Gasteiger partial charge in [0.2, 0.25) is 11.9 Å². The highest BCUT2D eigenvalue weighted by molar-refractivity contribution is 7.15. The predicted molar refractivity (Wildman–Crippen MR) is 73.7 cm³/mol. The molecule has 0 aliphatic carbocycles. The maximum absolute atomic E-state index is 11.1. The molecule has 0 radical (unpaired) electrons. The van der Waals surface area contributed by atoms with Gasteiger partial charge in [0.25, 0.3) is 0 Å². The van der Waals surface area contributed by atoms with Gasteiger partial charge in [0.15, 0.2) is 4.88 Å². The number of carbonyl (C=O) groups is 1. The van der Waals surface area contributed by atoms with Crippen molar-refractivity contribution >= 4 is 29.7 Å². The molecule has 0 bridgehead atoms. The van der Waals surface area contributed by atoms with Gasteiger partial charge in [0.1, 0.15) is 6.72 Å². The standard InChI is InChI=1S/C14H13NO2S/c1-5-8-15(4)12-9-11(7-6-10(2)3)18-13(12)14(16)17/h8-10H,1,4H2,2-3H3/p+1. The molecule has 0 aromatic carbocycles. The fourth-order valence-electron chi connectivity index (χ4n) is 1.20. The summed E-state index contributed by atoms with van der Waals surface area (Å²) in [5.74, 6) is 5.22. The molecule has 0 aliphatic rings. The third kappa shape index (κ3) is 3.46. The molecule has 0 amide bonds. The van der Waals surface area contributed by atoms with Crippen molar-refractivity contribution in [2.45, 2.75) is 13.8 Å². The van der Waals surface area contributed by atoms with E-state index in [1.807, 2.05) is 13.8 Å². The fourth-order valence-corrected chi connectivity index (χ4v) is 2.07. The molecule has 18 heavy (non-hydrogen) atoms. The highest BCUT2D eigenvalue weighted by Gasteiger charge is 2.22. The smallest absolute Gasteiger partial charge is 0.352 e. The van der Waals surface area contributed by atoms with Gasteiger partial charge in [-0.05, 0) is 0 Å². The van der Waals surface area contributed by atoms with Gasteiger partial charge in [-0.2, -0.15) is 4.58 Å². The first-order valence-electron chi connectivity index (χ1n) is 5.30. The first kappa shape index (κ1) is 14.0. The molecule has 0 spiro atoms. The van der Waals surface area contributed by atoms with Gasteiger partial charge in [-0.1, -0.05) is 38.0 Å². The van der Waals surface area contributed by atoms with E-state index in [1.165, 1.54) is 10.8 Å². The first-order valence-corrected chi connectivity index (χ1v) is 6.11. The van der Waals surface area contributed by atoms with Gasteiger partial charge in [-0.25, -0.2) is 4.79 Å². The van der Waals surface area contributed by atoms with Crippen molar-refractivity contribution in [1.82, 2.24) is 0 Å². The van der Waals surface area contributed by atoms with E-state index in [-0.39, 0.29) is 10.8 Å². The first-order chi connectivity index (χ1) is 8.45. The molecule has 1 rings (SSSR count). The summed E-state index contributed by atoms with van der Waals surface area (Å²) in [7, 11) is 0. The van der Waals surface area contributed by atoms with Crippen LogP contribution in [0.4, 0.5) is 5.69 Å². The Morgan fingerprint density at radius 2 is 2.28 bits per heavy atom. The summed E-state index contributed by atoms with van der Waals surface area (Å²) < 4.78 is 1.42. The molecule has 1 aromatic rings. The largest absolute Gasteiger partial charge is 0.477 e. The Labute approximate surface area is 110 Å². The van der Waals surface area contributed by atoms with Crippen LogP contribution in [0.1, 0.15) is 28.4 Å². The lowest BCUT2D eigenvalue weighted by Crippen LogP contribution is -1.98. The molecule has 0 atom stereocenters. The Kier molecular flexibility index (Phi) is 4.67. The molecule has 0 fully saturated rings. The van der Waals surface area contributed by atoms with E-state index in [0.29, 0.717) is 10.6 Å². The lowest BCUT2D eigenvalue weighted by Gasteiger charge is -1.90. The summed E-state index contributed by atoms with van der Waals surface area (Å²) in [6.07, 6.45) is 1.48. The van der Waals surface area contributed by atoms with Gasteiger partial charge in [0, 0.05) is 12.0 Å². The molecule has 1 N–H and O–H groups in total. The molecule has 0 saturated carbocycles. The van der Waals surface area contributed by atoms with Crippen molar-refractivity contribution in [3.05, 3.63) is 34.3 Å². The average Bonchev–Trinajstić information content (AvgIpc) is 2.71. The number of rotatable bonds is 3. The van der Waals surface area contributed by atoms with Gasteiger partial charge in [-0.15, -0.1) is 11.3 Å². The Balaban J connectivity index is 3.26. The number of carboxylic acids is 1. The molecule has 1 aromatic heterocycles. The van der Waals surface area contributed by atoms with E-state index in [4.69, 9.17) is 5.11 Å². The zero-order valence-electron chi connectivity index (χ0n) is 10.4. The van der Waals surface area contributed by atoms with Crippen LogP contribution in [0, 0.1) is 17.8 Å². The van der Waals surface area contributed by atoms with E-state index in [9.17, 15) is 4.79 Å². The molecule has 3 nitrogen and oxygen atoms in total. The summed E-state index contributed by atoms with van der Waals surface area (Å²) in [4.78, 5) is 12.1. The molecule has 92 valence electrons. The van der Waals surface area contributed by atoms with E-state index >= 15 is 0 Å². The Morgan fingerprint density at radius 3 is 2.78 bits per heavy atom. The second-order valence-corrected chi connectivity index (χ2v) is 4.91. The monoisotopic (exact) mass is 260 g/mol. The highest BCUT2D eigenvalue weighted by Crippen LogP contribution is 2.28. The number of nitrogens with zero attached hydrogens (tertiary/aromatic N) is 1. The van der Waals surface area contributed by atoms with Gasteiger partial charge >= 0.3 is 5.97 Å². The van der Waals surface area contributed by atoms with Crippen molar-refractivity contribution in [1.29, 1.82) is 0 Å². The highest BCUT2D eigenvalue weighted by atomic mass is 32.1. The minimum Gasteiger partial charge on any atom is -0.477 e. The van der Waals surface area contributed by atoms with Crippen molar-refractivity contribution in [2.75, 3.05) is 0 Å². The zero-order valence-corrected chi connectivity index (χ0v) is 11.2. The third-order valence-corrected chi connectivity index (χ3v) is 2.98. The molecule has 0 saturated heterocycles. The topological polar surface area (TPSA) is 40.3 Å². The van der Waals surface area contributed by atoms with Gasteiger partial charge in [-0.3, -0.25) is 0 Å². The van der Waals surface area contributed by atoms with Crippen LogP contribution in [-0.4, -0.2) is 22.4 Å². The predicted octanol–water partition coefficient (Wildman–Crippen LogP) is 3.10. The van der Waals surface area contributed by atoms with Crippen molar-refractivity contribution < 1.29 is 14.5 Å². The van der Waals surface area contributed by atoms with E-state index in [2.05, 4.69) is 30.9 Å². The van der Waals surface area contributed by atoms with Crippen LogP contribution in [0.25, 0.3) is 0 Å². The molecule has 0 aliphatic heterocycles. The van der Waals surface area contributed by atoms with Crippen LogP contribution in [0.3, 0.4) is 0 Å². The minimum absolute atomic E-state index is 0.213. The molecule has 1 heterocycles. The zero-order chi connectivity index (χ0) is 13.7. The number of hydrogen-bond acceptors (Lipinski definition) is 2. The van der Waals surface area contributed by atoms with Crippen LogP contribution in [0.5, 0.6) is 0 Å².